The molecule has 7 heteroatoms. The van der Waals surface area contributed by atoms with E-state index in [1.54, 1.807) is 0 Å². The number of nitrogens with one attached hydrogen (secondary N) is 2. The standard InChI is InChI=1S/C23H26N6S/c1-2-5-18-12-26-21(10-17(18)4-1)15-29-9-3-6-20(14-29)28-23-25-8-7-19(27-23)11-22-13-24-16-30-22/h1-2,4-5,7-8,10-12,20,24H,3,6,9,13-16H2,(H,25,27,28)/b22-11-/t20-/m0/s1. The van der Waals surface area contributed by atoms with E-state index in [-0.39, 0.29) is 0 Å². The van der Waals surface area contributed by atoms with Crippen LogP contribution in [0.15, 0.2) is 53.7 Å². The molecule has 5 rings (SSSR count). The van der Waals surface area contributed by atoms with Gasteiger partial charge in [-0.15, -0.1) is 11.8 Å². The number of benzene rings is 1. The molecule has 0 spiro atoms. The van der Waals surface area contributed by atoms with Gasteiger partial charge in [-0.05, 0) is 43.0 Å². The first kappa shape index (κ1) is 19.5. The van der Waals surface area contributed by atoms with Crippen LogP contribution in [0.4, 0.5) is 5.95 Å². The SMILES string of the molecule is C(=C1\CNCS1)/c1ccnc(N[C@H]2CCCN(Cc3cc4ccccc4cn3)C2)n1. The smallest absolute Gasteiger partial charge is 0.223 e. The van der Waals surface area contributed by atoms with Crippen molar-refractivity contribution in [1.82, 2.24) is 25.2 Å². The van der Waals surface area contributed by atoms with Crippen molar-refractivity contribution in [2.75, 3.05) is 30.8 Å². The minimum Gasteiger partial charge on any atom is -0.350 e. The van der Waals surface area contributed by atoms with E-state index in [9.17, 15) is 0 Å². The molecule has 2 aromatic heterocycles. The minimum absolute atomic E-state index is 0.352. The molecule has 6 nitrogen and oxygen atoms in total. The van der Waals surface area contributed by atoms with E-state index >= 15 is 0 Å². The average molecular weight is 419 g/mol. The molecule has 0 radical (unpaired) electrons. The second kappa shape index (κ2) is 9.12. The molecule has 2 saturated heterocycles. The lowest BCUT2D eigenvalue weighted by molar-refractivity contribution is 0.206. The third-order valence-electron chi connectivity index (χ3n) is 5.56. The Labute approximate surface area is 181 Å². The summed E-state index contributed by atoms with van der Waals surface area (Å²) in [4.78, 5) is 17.6. The monoisotopic (exact) mass is 418 g/mol. The number of anilines is 1. The van der Waals surface area contributed by atoms with Crippen molar-refractivity contribution >= 4 is 34.6 Å². The van der Waals surface area contributed by atoms with E-state index in [4.69, 9.17) is 4.98 Å². The van der Waals surface area contributed by atoms with Gasteiger partial charge in [0.2, 0.25) is 5.95 Å². The van der Waals surface area contributed by atoms with Crippen molar-refractivity contribution in [3.8, 4) is 0 Å². The summed E-state index contributed by atoms with van der Waals surface area (Å²) in [5.41, 5.74) is 2.09. The quantitative estimate of drug-likeness (QED) is 0.654. The zero-order valence-electron chi connectivity index (χ0n) is 16.9. The van der Waals surface area contributed by atoms with Gasteiger partial charge in [0, 0.05) is 54.2 Å². The van der Waals surface area contributed by atoms with Gasteiger partial charge in [-0.1, -0.05) is 24.3 Å². The summed E-state index contributed by atoms with van der Waals surface area (Å²) < 4.78 is 0. The first-order chi connectivity index (χ1) is 14.8. The summed E-state index contributed by atoms with van der Waals surface area (Å²) in [6, 6.07) is 12.9. The lowest BCUT2D eigenvalue weighted by atomic mass is 10.1. The number of rotatable bonds is 5. The zero-order valence-corrected chi connectivity index (χ0v) is 17.7. The van der Waals surface area contributed by atoms with Crippen molar-refractivity contribution in [2.24, 2.45) is 0 Å². The number of fused-ring (bicyclic) bond motifs is 1. The molecule has 0 unspecified atom stereocenters. The van der Waals surface area contributed by atoms with Gasteiger partial charge in [0.15, 0.2) is 0 Å². The summed E-state index contributed by atoms with van der Waals surface area (Å²) in [5.74, 6) is 1.70. The molecule has 0 bridgehead atoms. The van der Waals surface area contributed by atoms with Crippen LogP contribution in [0, 0.1) is 0 Å². The van der Waals surface area contributed by atoms with Gasteiger partial charge in [-0.25, -0.2) is 9.97 Å². The van der Waals surface area contributed by atoms with Gasteiger partial charge in [-0.2, -0.15) is 0 Å². The Hall–Kier alpha value is -2.48. The molecular formula is C23H26N6S. The van der Waals surface area contributed by atoms with Crippen LogP contribution < -0.4 is 10.6 Å². The third kappa shape index (κ3) is 4.80. The first-order valence-corrected chi connectivity index (χ1v) is 11.5. The predicted molar refractivity (Wildman–Crippen MR) is 124 cm³/mol. The maximum absolute atomic E-state index is 4.70. The van der Waals surface area contributed by atoms with Crippen LogP contribution in [-0.4, -0.2) is 51.4 Å². The summed E-state index contributed by atoms with van der Waals surface area (Å²) in [7, 11) is 0. The molecule has 2 N–H and O–H groups in total. The number of piperidine rings is 1. The van der Waals surface area contributed by atoms with Crippen molar-refractivity contribution < 1.29 is 0 Å². The highest BCUT2D eigenvalue weighted by atomic mass is 32.2. The fraction of sp³-hybridized carbons (Fsp3) is 0.348. The summed E-state index contributed by atoms with van der Waals surface area (Å²) in [5, 5.41) is 9.33. The van der Waals surface area contributed by atoms with Crippen molar-refractivity contribution in [3.05, 3.63) is 65.1 Å². The molecule has 3 aromatic rings. The highest BCUT2D eigenvalue weighted by molar-refractivity contribution is 8.03. The van der Waals surface area contributed by atoms with Gasteiger partial charge in [0.25, 0.3) is 0 Å². The van der Waals surface area contributed by atoms with Gasteiger partial charge in [0.05, 0.1) is 11.4 Å². The Balaban J connectivity index is 1.22. The molecule has 2 aliphatic heterocycles. The van der Waals surface area contributed by atoms with E-state index in [1.165, 1.54) is 15.7 Å². The van der Waals surface area contributed by atoms with Gasteiger partial charge in [-0.3, -0.25) is 9.88 Å². The Morgan fingerprint density at radius 3 is 3.03 bits per heavy atom. The van der Waals surface area contributed by atoms with E-state index in [0.29, 0.717) is 6.04 Å². The molecule has 0 amide bonds. The molecule has 4 heterocycles. The number of hydrogen-bond donors (Lipinski definition) is 2. The number of thioether (sulfide) groups is 1. The Bertz CT molecular complexity index is 1040. The number of hydrogen-bond acceptors (Lipinski definition) is 7. The maximum atomic E-state index is 4.70. The van der Waals surface area contributed by atoms with E-state index < -0.39 is 0 Å². The van der Waals surface area contributed by atoms with Crippen LogP contribution in [0.5, 0.6) is 0 Å². The van der Waals surface area contributed by atoms with E-state index in [2.05, 4.69) is 61.9 Å². The van der Waals surface area contributed by atoms with Gasteiger partial charge in [0.1, 0.15) is 0 Å². The summed E-state index contributed by atoms with van der Waals surface area (Å²) >= 11 is 1.84. The van der Waals surface area contributed by atoms with Crippen molar-refractivity contribution in [1.29, 1.82) is 0 Å². The number of pyridine rings is 1. The Kier molecular flexibility index (Phi) is 5.92. The highest BCUT2D eigenvalue weighted by Gasteiger charge is 2.21. The number of likely N-dealkylation sites (tertiary alicyclic amines) is 1. The van der Waals surface area contributed by atoms with E-state index in [0.717, 1.165) is 62.2 Å². The van der Waals surface area contributed by atoms with Crippen LogP contribution in [0.2, 0.25) is 0 Å². The first-order valence-electron chi connectivity index (χ1n) is 10.5. The van der Waals surface area contributed by atoms with E-state index in [1.807, 2.05) is 30.2 Å². The average Bonchev–Trinajstić information content (AvgIpc) is 3.27. The zero-order chi connectivity index (χ0) is 20.2. The minimum atomic E-state index is 0.352. The highest BCUT2D eigenvalue weighted by Crippen LogP contribution is 2.22. The molecule has 2 fully saturated rings. The van der Waals surface area contributed by atoms with Crippen LogP contribution >= 0.6 is 11.8 Å². The second-order valence-corrected chi connectivity index (χ2v) is 8.97. The third-order valence-corrected chi connectivity index (χ3v) is 6.54. The van der Waals surface area contributed by atoms with Gasteiger partial charge < -0.3 is 10.6 Å². The van der Waals surface area contributed by atoms with Crippen LogP contribution in [0.1, 0.15) is 24.2 Å². The molecule has 1 aromatic carbocycles. The van der Waals surface area contributed by atoms with Crippen LogP contribution in [0.3, 0.4) is 0 Å². The molecule has 1 atom stereocenters. The lowest BCUT2D eigenvalue weighted by Gasteiger charge is -2.33. The molecule has 0 aliphatic carbocycles. The van der Waals surface area contributed by atoms with Gasteiger partial charge >= 0.3 is 0 Å². The Morgan fingerprint density at radius 2 is 2.13 bits per heavy atom. The largest absolute Gasteiger partial charge is 0.350 e. The lowest BCUT2D eigenvalue weighted by Crippen LogP contribution is -2.42. The topological polar surface area (TPSA) is 66.0 Å². The number of nitrogens with zero attached hydrogens (tertiary/aromatic N) is 4. The predicted octanol–water partition coefficient (Wildman–Crippen LogP) is 3.74. The second-order valence-electron chi connectivity index (χ2n) is 7.87. The fourth-order valence-electron chi connectivity index (χ4n) is 4.09. The van der Waals surface area contributed by atoms with Crippen LogP contribution in [-0.2, 0) is 6.54 Å². The fourth-order valence-corrected chi connectivity index (χ4v) is 4.89. The molecular weight excluding hydrogens is 392 g/mol. The normalized spacial score (nSPS) is 21.3. The molecule has 154 valence electrons. The van der Waals surface area contributed by atoms with Crippen molar-refractivity contribution in [3.63, 3.8) is 0 Å². The molecule has 0 saturated carbocycles. The summed E-state index contributed by atoms with van der Waals surface area (Å²) in [6.45, 7) is 3.88. The molecule has 2 aliphatic rings. The Morgan fingerprint density at radius 1 is 1.20 bits per heavy atom. The summed E-state index contributed by atoms with van der Waals surface area (Å²) in [6.07, 6.45) is 8.27. The van der Waals surface area contributed by atoms with Crippen LogP contribution in [0.25, 0.3) is 16.8 Å². The number of aromatic nitrogens is 3. The maximum Gasteiger partial charge on any atom is 0.223 e. The van der Waals surface area contributed by atoms with Crippen molar-refractivity contribution in [2.45, 2.75) is 25.4 Å². The molecule has 30 heavy (non-hydrogen) atoms.